The Bertz CT molecular complexity index is 1070. The highest BCUT2D eigenvalue weighted by Gasteiger charge is 2.31. The van der Waals surface area contributed by atoms with E-state index >= 15 is 0 Å². The van der Waals surface area contributed by atoms with Crippen LogP contribution in [0.25, 0.3) is 11.3 Å². The molecular formula is C21H19ClF3N3O2S. The predicted molar refractivity (Wildman–Crippen MR) is 116 cm³/mol. The number of amides is 1. The number of thioether (sulfide) groups is 1. The molecule has 0 saturated heterocycles. The number of nitrogens with one attached hydrogen (secondary N) is 1. The van der Waals surface area contributed by atoms with Crippen molar-refractivity contribution < 1.29 is 22.7 Å². The van der Waals surface area contributed by atoms with Gasteiger partial charge in [-0.3, -0.25) is 4.79 Å². The lowest BCUT2D eigenvalue weighted by Gasteiger charge is -2.14. The number of hydrogen-bond acceptors (Lipinski definition) is 4. The van der Waals surface area contributed by atoms with E-state index in [4.69, 9.17) is 16.3 Å². The van der Waals surface area contributed by atoms with Gasteiger partial charge in [0.2, 0.25) is 5.91 Å². The maximum atomic E-state index is 13.2. The molecule has 5 nitrogen and oxygen atoms in total. The fourth-order valence-electron chi connectivity index (χ4n) is 2.89. The summed E-state index contributed by atoms with van der Waals surface area (Å²) in [6, 6.07) is 11.9. The van der Waals surface area contributed by atoms with Gasteiger partial charge in [0.25, 0.3) is 0 Å². The zero-order chi connectivity index (χ0) is 22.6. The third-order valence-corrected chi connectivity index (χ3v) is 5.71. The van der Waals surface area contributed by atoms with E-state index in [0.29, 0.717) is 27.7 Å². The van der Waals surface area contributed by atoms with Gasteiger partial charge in [0.05, 0.1) is 30.4 Å². The molecule has 0 saturated carbocycles. The van der Waals surface area contributed by atoms with Crippen LogP contribution >= 0.6 is 23.4 Å². The zero-order valence-corrected chi connectivity index (χ0v) is 18.2. The van der Waals surface area contributed by atoms with Crippen LogP contribution in [-0.2, 0) is 11.3 Å². The normalized spacial score (nSPS) is 11.4. The van der Waals surface area contributed by atoms with Crippen LogP contribution < -0.4 is 10.1 Å². The molecule has 0 spiro atoms. The molecule has 10 heteroatoms. The quantitative estimate of drug-likeness (QED) is 0.443. The average molecular weight is 470 g/mol. The van der Waals surface area contributed by atoms with Crippen molar-refractivity contribution in [2.75, 3.05) is 18.2 Å². The van der Waals surface area contributed by atoms with Gasteiger partial charge in [-0.1, -0.05) is 53.7 Å². The molecule has 0 aliphatic heterocycles. The number of hydrogen-bond donors (Lipinski definition) is 1. The molecule has 3 rings (SSSR count). The van der Waals surface area contributed by atoms with E-state index in [2.05, 4.69) is 10.3 Å². The number of rotatable bonds is 7. The number of halogens is 4. The summed E-state index contributed by atoms with van der Waals surface area (Å²) in [4.78, 5) is 16.6. The second-order valence-corrected chi connectivity index (χ2v) is 7.98. The third kappa shape index (κ3) is 5.95. The maximum Gasteiger partial charge on any atom is 0.406 e. The van der Waals surface area contributed by atoms with E-state index in [-0.39, 0.29) is 10.9 Å². The molecule has 2 aromatic carbocycles. The Morgan fingerprint density at radius 3 is 2.61 bits per heavy atom. The van der Waals surface area contributed by atoms with Crippen molar-refractivity contribution >= 4 is 35.0 Å². The van der Waals surface area contributed by atoms with Crippen molar-refractivity contribution in [1.29, 1.82) is 0 Å². The topological polar surface area (TPSA) is 56.1 Å². The minimum Gasteiger partial charge on any atom is -0.495 e. The fourth-order valence-corrected chi connectivity index (χ4v) is 3.82. The smallest absolute Gasteiger partial charge is 0.406 e. The molecule has 1 N–H and O–H groups in total. The number of anilines is 1. The number of nitrogens with zero attached hydrogens (tertiary/aromatic N) is 2. The van der Waals surface area contributed by atoms with Crippen LogP contribution in [0.1, 0.15) is 5.56 Å². The van der Waals surface area contributed by atoms with Crippen LogP contribution in [0.2, 0.25) is 5.02 Å². The molecule has 0 aliphatic rings. The monoisotopic (exact) mass is 469 g/mol. The first-order valence-electron chi connectivity index (χ1n) is 9.12. The third-order valence-electron chi connectivity index (χ3n) is 4.31. The summed E-state index contributed by atoms with van der Waals surface area (Å²) in [5.74, 6) is -0.153. The molecule has 1 heterocycles. The number of aryl methyl sites for hydroxylation is 1. The summed E-state index contributed by atoms with van der Waals surface area (Å²) in [7, 11) is 1.45. The molecule has 0 aliphatic carbocycles. The first kappa shape index (κ1) is 23.0. The Hall–Kier alpha value is -2.65. The van der Waals surface area contributed by atoms with Gasteiger partial charge in [-0.05, 0) is 24.1 Å². The number of carbonyl (C=O) groups excluding carboxylic acids is 1. The van der Waals surface area contributed by atoms with Crippen LogP contribution in [0.15, 0.2) is 53.8 Å². The number of methoxy groups -OCH3 is 1. The molecule has 164 valence electrons. The molecule has 1 aromatic heterocycles. The van der Waals surface area contributed by atoms with Crippen molar-refractivity contribution in [2.45, 2.75) is 24.8 Å². The van der Waals surface area contributed by atoms with Gasteiger partial charge in [0.1, 0.15) is 12.3 Å². The van der Waals surface area contributed by atoms with Gasteiger partial charge >= 0.3 is 6.18 Å². The summed E-state index contributed by atoms with van der Waals surface area (Å²) in [5.41, 5.74) is 2.12. The minimum absolute atomic E-state index is 0.102. The zero-order valence-electron chi connectivity index (χ0n) is 16.7. The molecular weight excluding hydrogens is 451 g/mol. The summed E-state index contributed by atoms with van der Waals surface area (Å²) in [6.45, 7) is 0.580. The Morgan fingerprint density at radius 2 is 1.97 bits per heavy atom. The van der Waals surface area contributed by atoms with Crippen LogP contribution in [0.5, 0.6) is 5.75 Å². The van der Waals surface area contributed by atoms with E-state index in [9.17, 15) is 18.0 Å². The fraction of sp³-hybridized carbons (Fsp3) is 0.238. The predicted octanol–water partition coefficient (Wildman–Crippen LogP) is 5.81. The van der Waals surface area contributed by atoms with Crippen molar-refractivity contribution in [2.24, 2.45) is 0 Å². The lowest BCUT2D eigenvalue weighted by atomic mass is 10.2. The second kappa shape index (κ2) is 9.65. The van der Waals surface area contributed by atoms with E-state index in [1.54, 1.807) is 49.4 Å². The van der Waals surface area contributed by atoms with Crippen LogP contribution in [-0.4, -0.2) is 34.5 Å². The van der Waals surface area contributed by atoms with Crippen molar-refractivity contribution in [1.82, 2.24) is 9.55 Å². The van der Waals surface area contributed by atoms with Crippen LogP contribution in [0.4, 0.5) is 18.9 Å². The summed E-state index contributed by atoms with van der Waals surface area (Å²) in [6.07, 6.45) is -3.05. The number of ether oxygens (including phenoxy) is 1. The van der Waals surface area contributed by atoms with Gasteiger partial charge < -0.3 is 14.6 Å². The van der Waals surface area contributed by atoms with Gasteiger partial charge in [0, 0.05) is 11.1 Å². The number of alkyl halides is 3. The number of benzene rings is 2. The van der Waals surface area contributed by atoms with Crippen LogP contribution in [0, 0.1) is 6.92 Å². The lowest BCUT2D eigenvalue weighted by molar-refractivity contribution is -0.141. The molecule has 3 aromatic rings. The molecule has 1 amide bonds. The molecule has 0 atom stereocenters. The van der Waals surface area contributed by atoms with Crippen molar-refractivity contribution in [3.05, 3.63) is 59.2 Å². The Kier molecular flexibility index (Phi) is 7.17. The Labute approximate surface area is 186 Å². The largest absolute Gasteiger partial charge is 0.495 e. The minimum atomic E-state index is -4.43. The van der Waals surface area contributed by atoms with E-state index < -0.39 is 18.6 Å². The lowest BCUT2D eigenvalue weighted by Crippen LogP contribution is -2.20. The SMILES string of the molecule is COc1cc(Cl)c(C)cc1NC(=O)CSc1ncc(-c2ccccc2)n1CC(F)(F)F. The highest BCUT2D eigenvalue weighted by molar-refractivity contribution is 7.99. The molecule has 0 unspecified atom stereocenters. The number of carbonyl (C=O) groups is 1. The summed E-state index contributed by atoms with van der Waals surface area (Å²) < 4.78 is 45.8. The van der Waals surface area contributed by atoms with E-state index in [0.717, 1.165) is 21.9 Å². The van der Waals surface area contributed by atoms with Gasteiger partial charge in [-0.25, -0.2) is 4.98 Å². The highest BCUT2D eigenvalue weighted by Crippen LogP contribution is 2.32. The molecule has 31 heavy (non-hydrogen) atoms. The highest BCUT2D eigenvalue weighted by atomic mass is 35.5. The Morgan fingerprint density at radius 1 is 1.26 bits per heavy atom. The van der Waals surface area contributed by atoms with Crippen LogP contribution in [0.3, 0.4) is 0 Å². The maximum absolute atomic E-state index is 13.2. The number of imidazole rings is 1. The van der Waals surface area contributed by atoms with E-state index in [1.807, 2.05) is 0 Å². The first-order chi connectivity index (χ1) is 14.7. The standard InChI is InChI=1S/C21H19ClF3N3O2S/c1-13-8-16(18(30-2)9-15(13)22)27-19(29)11-31-20-26-10-17(14-6-4-3-5-7-14)28(20)12-21(23,24)25/h3-10H,11-12H2,1-2H3,(H,27,29). The van der Waals surface area contributed by atoms with Crippen molar-refractivity contribution in [3.63, 3.8) is 0 Å². The summed E-state index contributed by atoms with van der Waals surface area (Å²) >= 11 is 6.99. The van der Waals surface area contributed by atoms with Gasteiger partial charge in [-0.2, -0.15) is 13.2 Å². The summed E-state index contributed by atoms with van der Waals surface area (Å²) in [5, 5.41) is 3.30. The van der Waals surface area contributed by atoms with Gasteiger partial charge in [0.15, 0.2) is 5.16 Å². The second-order valence-electron chi connectivity index (χ2n) is 6.63. The van der Waals surface area contributed by atoms with E-state index in [1.165, 1.54) is 13.3 Å². The molecule has 0 bridgehead atoms. The average Bonchev–Trinajstić information content (AvgIpc) is 3.10. The Balaban J connectivity index is 1.78. The molecule has 0 radical (unpaired) electrons. The van der Waals surface area contributed by atoms with Gasteiger partial charge in [-0.15, -0.1) is 0 Å². The molecule has 0 fully saturated rings. The first-order valence-corrected chi connectivity index (χ1v) is 10.5. The van der Waals surface area contributed by atoms with Crippen molar-refractivity contribution in [3.8, 4) is 17.0 Å². The number of aromatic nitrogens is 2.